The molecule has 0 amide bonds. The summed E-state index contributed by atoms with van der Waals surface area (Å²) in [6.07, 6.45) is 7.36. The second-order valence-corrected chi connectivity index (χ2v) is 6.64. The Labute approximate surface area is 162 Å². The molecule has 0 aliphatic rings. The van der Waals surface area contributed by atoms with Gasteiger partial charge in [0.2, 0.25) is 0 Å². The number of hydrogen-bond donors (Lipinski definition) is 3. The molecular weight excluding hydrogens is 390 g/mol. The van der Waals surface area contributed by atoms with Crippen LogP contribution in [0, 0.1) is 0 Å². The van der Waals surface area contributed by atoms with Crippen molar-refractivity contribution in [3.63, 3.8) is 0 Å². The average molecular weight is 411 g/mol. The summed E-state index contributed by atoms with van der Waals surface area (Å²) in [7, 11) is -3.98. The predicted molar refractivity (Wildman–Crippen MR) is 102 cm³/mol. The molecule has 28 heavy (non-hydrogen) atoms. The summed E-state index contributed by atoms with van der Waals surface area (Å²) in [5.41, 5.74) is 5.88. The molecule has 0 aliphatic carbocycles. The molecule has 1 aromatic carbocycles. The molecule has 1 unspecified atom stereocenters. The number of carboxylic acid groups (broad SMARTS) is 1. The first kappa shape index (κ1) is 24.9. The summed E-state index contributed by atoms with van der Waals surface area (Å²) in [5.74, 6) is -3.20. The molecule has 0 bridgehead atoms. The highest BCUT2D eigenvalue weighted by Gasteiger charge is 2.13. The number of carbonyl (C=O) groups excluding carboxylic acids is 2. The first-order valence-corrected chi connectivity index (χ1v) is 9.35. The minimum Gasteiger partial charge on any atom is -0.478 e. The van der Waals surface area contributed by atoms with E-state index in [9.17, 15) is 22.8 Å². The van der Waals surface area contributed by atoms with Crippen molar-refractivity contribution in [3.8, 4) is 0 Å². The molecule has 0 saturated carbocycles. The molecule has 0 fully saturated rings. The highest BCUT2D eigenvalue weighted by Crippen LogP contribution is 2.00. The molecule has 0 radical (unpaired) electrons. The quantitative estimate of drug-likeness (QED) is 0.199. The van der Waals surface area contributed by atoms with E-state index in [1.807, 2.05) is 30.3 Å². The Bertz CT molecular complexity index is 842. The fourth-order valence-corrected chi connectivity index (χ4v) is 1.80. The molecule has 0 heterocycles. The Morgan fingerprint density at radius 1 is 1.07 bits per heavy atom. The van der Waals surface area contributed by atoms with Crippen molar-refractivity contribution in [2.24, 2.45) is 5.73 Å². The van der Waals surface area contributed by atoms with Crippen LogP contribution in [0.15, 0.2) is 60.7 Å². The standard InChI is InChI=1S/C15H12O5.C3H9NO3S/c16-13(17)10-11-15(19)20-14(18)9-5-4-8-12-6-2-1-3-7-12;1-2-3(4)8(5,6)7/h1-11H,(H,16,17);3H,2,4H2,1H3,(H,5,6,7)/b8-4?,9-5?,11-10-;. The Kier molecular flexibility index (Phi) is 11.7. The van der Waals surface area contributed by atoms with Gasteiger partial charge in [-0.1, -0.05) is 55.5 Å². The van der Waals surface area contributed by atoms with Crippen molar-refractivity contribution < 1.29 is 37.2 Å². The van der Waals surface area contributed by atoms with E-state index in [2.05, 4.69) is 4.74 Å². The van der Waals surface area contributed by atoms with Gasteiger partial charge in [0, 0.05) is 18.2 Å². The van der Waals surface area contributed by atoms with Crippen LogP contribution in [0.2, 0.25) is 0 Å². The molecule has 152 valence electrons. The summed E-state index contributed by atoms with van der Waals surface area (Å²) in [6.45, 7) is 1.58. The van der Waals surface area contributed by atoms with Gasteiger partial charge in [0.05, 0.1) is 0 Å². The fraction of sp³-hybridized carbons (Fsp3) is 0.167. The largest absolute Gasteiger partial charge is 0.478 e. The van der Waals surface area contributed by atoms with Crippen LogP contribution in [0.25, 0.3) is 6.08 Å². The van der Waals surface area contributed by atoms with E-state index in [4.69, 9.17) is 15.4 Å². The van der Waals surface area contributed by atoms with Gasteiger partial charge in [0.1, 0.15) is 5.37 Å². The van der Waals surface area contributed by atoms with Gasteiger partial charge in [-0.3, -0.25) is 4.55 Å². The molecule has 0 saturated heterocycles. The topological polar surface area (TPSA) is 161 Å². The van der Waals surface area contributed by atoms with Crippen molar-refractivity contribution in [1.29, 1.82) is 0 Å². The van der Waals surface area contributed by atoms with Crippen LogP contribution < -0.4 is 5.73 Å². The molecule has 0 aromatic heterocycles. The van der Waals surface area contributed by atoms with E-state index in [0.717, 1.165) is 11.6 Å². The number of nitrogens with two attached hydrogens (primary N) is 1. The molecular formula is C18H21NO8S. The Balaban J connectivity index is 0.000000769. The zero-order chi connectivity index (χ0) is 21.6. The van der Waals surface area contributed by atoms with Crippen LogP contribution in [0.3, 0.4) is 0 Å². The smallest absolute Gasteiger partial charge is 0.338 e. The maximum atomic E-state index is 11.2. The second kappa shape index (κ2) is 13.1. The number of esters is 2. The number of carbonyl (C=O) groups is 3. The van der Waals surface area contributed by atoms with Crippen LogP contribution in [0.5, 0.6) is 0 Å². The lowest BCUT2D eigenvalue weighted by Crippen LogP contribution is -2.28. The monoisotopic (exact) mass is 411 g/mol. The van der Waals surface area contributed by atoms with Gasteiger partial charge in [-0.25, -0.2) is 14.4 Å². The number of ether oxygens (including phenoxy) is 1. The summed E-state index contributed by atoms with van der Waals surface area (Å²) in [5, 5.41) is 7.15. The van der Waals surface area contributed by atoms with Gasteiger partial charge in [-0.2, -0.15) is 8.42 Å². The maximum Gasteiger partial charge on any atom is 0.338 e. The molecule has 1 atom stereocenters. The van der Waals surface area contributed by atoms with Gasteiger partial charge in [0.25, 0.3) is 10.1 Å². The molecule has 1 rings (SSSR count). The SMILES string of the molecule is CCC(N)S(=O)(=O)O.O=C(O)/C=C\C(=O)OC(=O)C=CC=Cc1ccccc1. The second-order valence-electron chi connectivity index (χ2n) is 5.00. The van der Waals surface area contributed by atoms with Gasteiger partial charge >= 0.3 is 17.9 Å². The predicted octanol–water partition coefficient (Wildman–Crippen LogP) is 1.54. The van der Waals surface area contributed by atoms with Crippen molar-refractivity contribution in [2.75, 3.05) is 0 Å². The number of aliphatic carboxylic acids is 1. The summed E-state index contributed by atoms with van der Waals surface area (Å²) >= 11 is 0. The van der Waals surface area contributed by atoms with E-state index < -0.39 is 33.4 Å². The van der Waals surface area contributed by atoms with Crippen molar-refractivity contribution >= 4 is 34.1 Å². The fourth-order valence-electron chi connectivity index (χ4n) is 1.38. The van der Waals surface area contributed by atoms with E-state index in [0.29, 0.717) is 12.2 Å². The third-order valence-electron chi connectivity index (χ3n) is 2.78. The summed E-state index contributed by atoms with van der Waals surface area (Å²) < 4.78 is 32.4. The van der Waals surface area contributed by atoms with Crippen LogP contribution in [-0.2, 0) is 29.2 Å². The third kappa shape index (κ3) is 13.2. The molecule has 4 N–H and O–H groups in total. The molecule has 9 nitrogen and oxygen atoms in total. The zero-order valence-electron chi connectivity index (χ0n) is 15.0. The minimum absolute atomic E-state index is 0.235. The number of rotatable bonds is 7. The van der Waals surface area contributed by atoms with Crippen molar-refractivity contribution in [2.45, 2.75) is 18.7 Å². The number of allylic oxidation sites excluding steroid dienone is 2. The first-order chi connectivity index (χ1) is 13.1. The Hall–Kier alpha value is -3.08. The van der Waals surface area contributed by atoms with Crippen molar-refractivity contribution in [3.05, 3.63) is 66.3 Å². The zero-order valence-corrected chi connectivity index (χ0v) is 15.8. The van der Waals surface area contributed by atoms with Crippen LogP contribution in [0.1, 0.15) is 18.9 Å². The normalized spacial score (nSPS) is 12.5. The van der Waals surface area contributed by atoms with Crippen LogP contribution in [0.4, 0.5) is 0 Å². The average Bonchev–Trinajstić information content (AvgIpc) is 2.63. The van der Waals surface area contributed by atoms with E-state index >= 15 is 0 Å². The van der Waals surface area contributed by atoms with Gasteiger partial charge < -0.3 is 15.6 Å². The minimum atomic E-state index is -3.98. The van der Waals surface area contributed by atoms with E-state index in [1.165, 1.54) is 6.08 Å². The Morgan fingerprint density at radius 3 is 2.11 bits per heavy atom. The van der Waals surface area contributed by atoms with Gasteiger partial charge in [-0.15, -0.1) is 0 Å². The highest BCUT2D eigenvalue weighted by atomic mass is 32.2. The lowest BCUT2D eigenvalue weighted by molar-refractivity contribution is -0.152. The maximum absolute atomic E-state index is 11.2. The number of carboxylic acids is 1. The highest BCUT2D eigenvalue weighted by molar-refractivity contribution is 7.86. The van der Waals surface area contributed by atoms with Crippen LogP contribution >= 0.6 is 0 Å². The van der Waals surface area contributed by atoms with E-state index in [-0.39, 0.29) is 6.42 Å². The van der Waals surface area contributed by atoms with Gasteiger partial charge in [0.15, 0.2) is 0 Å². The number of hydrogen-bond acceptors (Lipinski definition) is 7. The molecule has 0 aliphatic heterocycles. The summed E-state index contributed by atoms with van der Waals surface area (Å²) in [4.78, 5) is 32.3. The number of benzene rings is 1. The molecule has 10 heteroatoms. The third-order valence-corrected chi connectivity index (χ3v) is 3.88. The molecule has 1 aromatic rings. The van der Waals surface area contributed by atoms with Crippen molar-refractivity contribution in [1.82, 2.24) is 0 Å². The lowest BCUT2D eigenvalue weighted by atomic mass is 10.2. The summed E-state index contributed by atoms with van der Waals surface area (Å²) in [6, 6.07) is 9.43. The molecule has 0 spiro atoms. The van der Waals surface area contributed by atoms with Crippen LogP contribution in [-0.4, -0.2) is 41.4 Å². The lowest BCUT2D eigenvalue weighted by Gasteiger charge is -2.01. The Morgan fingerprint density at radius 2 is 1.64 bits per heavy atom. The first-order valence-electron chi connectivity index (χ1n) is 7.84. The van der Waals surface area contributed by atoms with E-state index in [1.54, 1.807) is 19.1 Å². The van der Waals surface area contributed by atoms with Gasteiger partial charge in [-0.05, 0) is 12.0 Å².